The van der Waals surface area contributed by atoms with Crippen molar-refractivity contribution in [3.63, 3.8) is 0 Å². The van der Waals surface area contributed by atoms with Crippen LogP contribution in [0.3, 0.4) is 0 Å². The molecule has 4 nitrogen and oxygen atoms in total. The molecule has 2 aromatic rings. The van der Waals surface area contributed by atoms with Crippen LogP contribution in [0.4, 0.5) is 5.69 Å². The number of aliphatic imine (C=N–C) groups is 1. The third-order valence-corrected chi connectivity index (χ3v) is 4.44. The summed E-state index contributed by atoms with van der Waals surface area (Å²) in [5.41, 5.74) is 2.84. The summed E-state index contributed by atoms with van der Waals surface area (Å²) < 4.78 is 2.43. The van der Waals surface area contributed by atoms with E-state index >= 15 is 0 Å². The molecule has 6 heteroatoms. The highest BCUT2D eigenvalue weighted by molar-refractivity contribution is 7.73. The number of nitrogens with zero attached hydrogens (tertiary/aromatic N) is 3. The van der Waals surface area contributed by atoms with Gasteiger partial charge in [-0.1, -0.05) is 0 Å². The Morgan fingerprint density at radius 1 is 1.45 bits per heavy atom. The highest BCUT2D eigenvalue weighted by Gasteiger charge is 2.16. The van der Waals surface area contributed by atoms with Gasteiger partial charge in [0.1, 0.15) is 0 Å². The molecule has 0 saturated heterocycles. The molecule has 102 valence electrons. The van der Waals surface area contributed by atoms with Crippen LogP contribution in [0.1, 0.15) is 30.3 Å². The van der Waals surface area contributed by atoms with Gasteiger partial charge in [-0.3, -0.25) is 14.5 Å². The Hall–Kier alpha value is -1.79. The SMILES string of the molecule is CC(C)n1c(O)c(/C=C2\C=Nc3cnccc32)sc1=S. The molecule has 1 N–H and O–H groups in total. The number of fused-ring (bicyclic) bond motifs is 1. The van der Waals surface area contributed by atoms with Gasteiger partial charge in [-0.15, -0.1) is 11.3 Å². The van der Waals surface area contributed by atoms with Crippen molar-refractivity contribution in [3.05, 3.63) is 32.9 Å². The van der Waals surface area contributed by atoms with Crippen LogP contribution in [0.5, 0.6) is 5.88 Å². The molecule has 0 unspecified atom stereocenters. The third-order valence-electron chi connectivity index (χ3n) is 3.10. The van der Waals surface area contributed by atoms with Crippen molar-refractivity contribution >= 4 is 47.1 Å². The van der Waals surface area contributed by atoms with Crippen LogP contribution >= 0.6 is 23.6 Å². The average molecular weight is 303 g/mol. The second kappa shape index (κ2) is 4.96. The first-order chi connectivity index (χ1) is 9.58. The fourth-order valence-corrected chi connectivity index (χ4v) is 3.67. The zero-order chi connectivity index (χ0) is 14.3. The number of pyridine rings is 1. The summed E-state index contributed by atoms with van der Waals surface area (Å²) >= 11 is 6.71. The summed E-state index contributed by atoms with van der Waals surface area (Å²) in [5, 5.41) is 10.3. The average Bonchev–Trinajstić information content (AvgIpc) is 2.93. The lowest BCUT2D eigenvalue weighted by Crippen LogP contribution is -1.99. The van der Waals surface area contributed by atoms with Gasteiger partial charge in [0.2, 0.25) is 5.88 Å². The van der Waals surface area contributed by atoms with Crippen LogP contribution in [0.15, 0.2) is 23.5 Å². The largest absolute Gasteiger partial charge is 0.493 e. The monoisotopic (exact) mass is 303 g/mol. The number of allylic oxidation sites excluding steroid dienone is 1. The van der Waals surface area contributed by atoms with Gasteiger partial charge in [-0.25, -0.2) is 0 Å². The molecule has 0 fully saturated rings. The van der Waals surface area contributed by atoms with Gasteiger partial charge in [-0.05, 0) is 38.2 Å². The molecule has 0 aromatic carbocycles. The molecular formula is C14H13N3OS2. The Balaban J connectivity index is 2.10. The molecule has 1 aliphatic rings. The summed E-state index contributed by atoms with van der Waals surface area (Å²) in [4.78, 5) is 9.11. The summed E-state index contributed by atoms with van der Waals surface area (Å²) in [6, 6.07) is 2.06. The Labute approximate surface area is 125 Å². The van der Waals surface area contributed by atoms with Crippen LogP contribution in [-0.4, -0.2) is 20.9 Å². The van der Waals surface area contributed by atoms with E-state index in [1.54, 1.807) is 23.2 Å². The fraction of sp³-hybridized carbons (Fsp3) is 0.214. The smallest absolute Gasteiger partial charge is 0.210 e. The molecule has 0 atom stereocenters. The zero-order valence-corrected chi connectivity index (χ0v) is 12.7. The molecule has 3 heterocycles. The van der Waals surface area contributed by atoms with Crippen LogP contribution in [0.25, 0.3) is 11.6 Å². The first-order valence-corrected chi connectivity index (χ1v) is 7.45. The Bertz CT molecular complexity index is 784. The molecule has 0 saturated carbocycles. The van der Waals surface area contributed by atoms with E-state index in [0.717, 1.165) is 21.7 Å². The maximum atomic E-state index is 10.3. The minimum atomic E-state index is 0.139. The second-order valence-corrected chi connectivity index (χ2v) is 6.45. The fourth-order valence-electron chi connectivity index (χ4n) is 2.14. The van der Waals surface area contributed by atoms with Gasteiger partial charge < -0.3 is 5.11 Å². The highest BCUT2D eigenvalue weighted by atomic mass is 32.1. The van der Waals surface area contributed by atoms with Crippen molar-refractivity contribution in [1.82, 2.24) is 9.55 Å². The van der Waals surface area contributed by atoms with E-state index in [2.05, 4.69) is 9.98 Å². The topological polar surface area (TPSA) is 50.4 Å². The molecule has 3 rings (SSSR count). The Morgan fingerprint density at radius 3 is 2.95 bits per heavy atom. The number of hydrogen-bond donors (Lipinski definition) is 1. The van der Waals surface area contributed by atoms with E-state index in [-0.39, 0.29) is 11.9 Å². The normalized spacial score (nSPS) is 15.2. The molecule has 1 aliphatic heterocycles. The number of rotatable bonds is 2. The van der Waals surface area contributed by atoms with Gasteiger partial charge in [0.25, 0.3) is 0 Å². The maximum Gasteiger partial charge on any atom is 0.210 e. The molecule has 0 aliphatic carbocycles. The van der Waals surface area contributed by atoms with Crippen LogP contribution in [0, 0.1) is 3.95 Å². The molecule has 0 amide bonds. The summed E-state index contributed by atoms with van der Waals surface area (Å²) in [7, 11) is 0. The number of aromatic hydroxyl groups is 1. The number of thiazole rings is 1. The lowest BCUT2D eigenvalue weighted by atomic mass is 10.1. The lowest BCUT2D eigenvalue weighted by Gasteiger charge is -2.07. The van der Waals surface area contributed by atoms with E-state index in [0.29, 0.717) is 3.95 Å². The Morgan fingerprint density at radius 2 is 2.25 bits per heavy atom. The highest BCUT2D eigenvalue weighted by Crippen LogP contribution is 2.36. The Kier molecular flexibility index (Phi) is 3.27. The van der Waals surface area contributed by atoms with Gasteiger partial charge in [0.15, 0.2) is 3.95 Å². The molecule has 2 aromatic heterocycles. The van der Waals surface area contributed by atoms with Crippen molar-refractivity contribution < 1.29 is 5.11 Å². The van der Waals surface area contributed by atoms with E-state index < -0.39 is 0 Å². The van der Waals surface area contributed by atoms with Crippen LogP contribution in [0.2, 0.25) is 0 Å². The summed E-state index contributed by atoms with van der Waals surface area (Å²) in [5.74, 6) is 0.221. The summed E-state index contributed by atoms with van der Waals surface area (Å²) in [6.45, 7) is 3.99. The molecule has 0 spiro atoms. The minimum absolute atomic E-state index is 0.139. The molecule has 20 heavy (non-hydrogen) atoms. The van der Waals surface area contributed by atoms with E-state index in [1.807, 2.05) is 26.0 Å². The van der Waals surface area contributed by atoms with E-state index in [4.69, 9.17) is 12.2 Å². The van der Waals surface area contributed by atoms with Gasteiger partial charge >= 0.3 is 0 Å². The van der Waals surface area contributed by atoms with Gasteiger partial charge in [0.05, 0.1) is 16.8 Å². The zero-order valence-electron chi connectivity index (χ0n) is 11.1. The second-order valence-electron chi connectivity index (χ2n) is 4.77. The maximum absolute atomic E-state index is 10.3. The molecule has 0 bridgehead atoms. The first-order valence-electron chi connectivity index (χ1n) is 6.22. The van der Waals surface area contributed by atoms with Crippen LogP contribution < -0.4 is 0 Å². The standard InChI is InChI=1S/C14H13N3OS2/c1-8(2)17-13(18)12(20-14(17)19)5-9-6-16-11-7-15-4-3-10(9)11/h3-8,18H,1-2H3/b9-5+. The van der Waals surface area contributed by atoms with E-state index in [9.17, 15) is 5.11 Å². The van der Waals surface area contributed by atoms with E-state index in [1.165, 1.54) is 11.3 Å². The van der Waals surface area contributed by atoms with Crippen molar-refractivity contribution in [3.8, 4) is 5.88 Å². The van der Waals surface area contributed by atoms with Crippen molar-refractivity contribution in [2.24, 2.45) is 4.99 Å². The van der Waals surface area contributed by atoms with Crippen LogP contribution in [-0.2, 0) is 0 Å². The third kappa shape index (κ3) is 2.10. The van der Waals surface area contributed by atoms with Gasteiger partial charge in [0, 0.05) is 29.6 Å². The lowest BCUT2D eigenvalue weighted by molar-refractivity contribution is 0.397. The van der Waals surface area contributed by atoms with Gasteiger partial charge in [-0.2, -0.15) is 0 Å². The van der Waals surface area contributed by atoms with Crippen molar-refractivity contribution in [1.29, 1.82) is 0 Å². The quantitative estimate of drug-likeness (QED) is 0.845. The molecular weight excluding hydrogens is 290 g/mol. The number of hydrogen-bond acceptors (Lipinski definition) is 5. The van der Waals surface area contributed by atoms with Crippen molar-refractivity contribution in [2.45, 2.75) is 19.9 Å². The summed E-state index contributed by atoms with van der Waals surface area (Å²) in [6.07, 6.45) is 7.18. The predicted octanol–water partition coefficient (Wildman–Crippen LogP) is 4.22. The number of aromatic nitrogens is 2. The molecule has 0 radical (unpaired) electrons. The predicted molar refractivity (Wildman–Crippen MR) is 85.5 cm³/mol. The minimum Gasteiger partial charge on any atom is -0.493 e. The van der Waals surface area contributed by atoms with Crippen molar-refractivity contribution in [2.75, 3.05) is 0 Å². The first kappa shape index (κ1) is 13.2.